The van der Waals surface area contributed by atoms with Crippen LogP contribution in [0.4, 0.5) is 8.78 Å². The van der Waals surface area contributed by atoms with Crippen LogP contribution in [0.25, 0.3) is 11.1 Å². The molecule has 5 heteroatoms. The number of carbonyl (C=O) groups is 1. The summed E-state index contributed by atoms with van der Waals surface area (Å²) in [6.45, 7) is 3.89. The summed E-state index contributed by atoms with van der Waals surface area (Å²) in [5.74, 6) is 0.370. The fourth-order valence-electron chi connectivity index (χ4n) is 4.37. The van der Waals surface area contributed by atoms with Gasteiger partial charge in [0, 0.05) is 5.56 Å². The Morgan fingerprint density at radius 1 is 0.886 bits per heavy atom. The molecular formula is C30H34F2O3. The molecule has 0 amide bonds. The van der Waals surface area contributed by atoms with Crippen LogP contribution in [0.5, 0.6) is 5.75 Å². The first-order valence-corrected chi connectivity index (χ1v) is 12.3. The number of benzene rings is 3. The Balaban J connectivity index is 0.00000108. The summed E-state index contributed by atoms with van der Waals surface area (Å²) in [5, 5.41) is 0. The van der Waals surface area contributed by atoms with Crippen LogP contribution in [0.1, 0.15) is 57.1 Å². The van der Waals surface area contributed by atoms with Crippen LogP contribution in [0, 0.1) is 11.6 Å². The first-order valence-electron chi connectivity index (χ1n) is 12.3. The van der Waals surface area contributed by atoms with Crippen LogP contribution >= 0.6 is 0 Å². The minimum Gasteiger partial charge on any atom is -0.490 e. The Bertz CT molecular complexity index is 1070. The van der Waals surface area contributed by atoms with E-state index in [9.17, 15) is 8.78 Å². The van der Waals surface area contributed by atoms with Gasteiger partial charge in [0.1, 0.15) is 23.7 Å². The van der Waals surface area contributed by atoms with E-state index >= 15 is 0 Å². The molecule has 0 atom stereocenters. The van der Waals surface area contributed by atoms with Crippen molar-refractivity contribution in [3.05, 3.63) is 89.5 Å². The molecule has 0 unspecified atom stereocenters. The van der Waals surface area contributed by atoms with Gasteiger partial charge in [-0.2, -0.15) is 0 Å². The van der Waals surface area contributed by atoms with Gasteiger partial charge in [-0.25, -0.2) is 8.78 Å². The van der Waals surface area contributed by atoms with E-state index in [1.165, 1.54) is 24.6 Å². The first kappa shape index (κ1) is 26.6. The standard InChI is InChI=1S/C28H30F2O2.C2H4O/c1-2-6-20-11-12-26(18-27(20)21-8-5-9-23(29)17-21)32-25-15-13-24(14-16-25)31-19-22-7-3-4-10-28(22)30;1-2-3/h3-5,7-12,17-18,24-25H,2,6,13-16,19H2,1H3;2H,1H3. The number of rotatable bonds is 8. The number of ether oxygens (including phenoxy) is 2. The Labute approximate surface area is 207 Å². The molecule has 1 saturated carbocycles. The molecule has 3 aromatic rings. The van der Waals surface area contributed by atoms with Crippen molar-refractivity contribution < 1.29 is 23.0 Å². The van der Waals surface area contributed by atoms with Gasteiger partial charge in [-0.05, 0) is 86.1 Å². The predicted octanol–water partition coefficient (Wildman–Crippen LogP) is 7.70. The van der Waals surface area contributed by atoms with Gasteiger partial charge in [-0.1, -0.05) is 49.7 Å². The molecule has 0 bridgehead atoms. The molecule has 1 aliphatic carbocycles. The summed E-state index contributed by atoms with van der Waals surface area (Å²) in [4.78, 5) is 8.81. The number of halogens is 2. The lowest BCUT2D eigenvalue weighted by molar-refractivity contribution is -0.106. The van der Waals surface area contributed by atoms with E-state index in [0.717, 1.165) is 61.7 Å². The van der Waals surface area contributed by atoms with Crippen molar-refractivity contribution in [1.29, 1.82) is 0 Å². The number of aryl methyl sites for hydroxylation is 1. The lowest BCUT2D eigenvalue weighted by atomic mass is 9.94. The summed E-state index contributed by atoms with van der Waals surface area (Å²) in [5.41, 5.74) is 3.72. The normalized spacial score (nSPS) is 17.3. The van der Waals surface area contributed by atoms with Gasteiger partial charge in [-0.15, -0.1) is 0 Å². The fourth-order valence-corrected chi connectivity index (χ4v) is 4.37. The van der Waals surface area contributed by atoms with E-state index in [-0.39, 0.29) is 23.8 Å². The molecule has 35 heavy (non-hydrogen) atoms. The molecule has 3 nitrogen and oxygen atoms in total. The minimum atomic E-state index is -0.232. The molecule has 3 aromatic carbocycles. The van der Waals surface area contributed by atoms with Crippen LogP contribution in [0.3, 0.4) is 0 Å². The Morgan fingerprint density at radius 3 is 2.29 bits per heavy atom. The van der Waals surface area contributed by atoms with Crippen LogP contribution < -0.4 is 4.74 Å². The summed E-state index contributed by atoms with van der Waals surface area (Å²) < 4.78 is 39.8. The van der Waals surface area contributed by atoms with Crippen molar-refractivity contribution in [2.24, 2.45) is 0 Å². The molecule has 1 fully saturated rings. The van der Waals surface area contributed by atoms with Gasteiger partial charge >= 0.3 is 0 Å². The van der Waals surface area contributed by atoms with E-state index in [0.29, 0.717) is 12.2 Å². The highest BCUT2D eigenvalue weighted by Crippen LogP contribution is 2.32. The van der Waals surface area contributed by atoms with Gasteiger partial charge in [-0.3, -0.25) is 0 Å². The molecule has 186 valence electrons. The number of hydrogen-bond acceptors (Lipinski definition) is 3. The largest absolute Gasteiger partial charge is 0.490 e. The lowest BCUT2D eigenvalue weighted by Crippen LogP contribution is -2.28. The molecule has 0 radical (unpaired) electrons. The third-order valence-corrected chi connectivity index (χ3v) is 6.09. The highest BCUT2D eigenvalue weighted by molar-refractivity contribution is 5.69. The molecule has 0 aliphatic heterocycles. The molecule has 1 aliphatic rings. The van der Waals surface area contributed by atoms with E-state index in [4.69, 9.17) is 14.3 Å². The zero-order valence-corrected chi connectivity index (χ0v) is 20.5. The average Bonchev–Trinajstić information content (AvgIpc) is 2.86. The Morgan fingerprint density at radius 2 is 1.60 bits per heavy atom. The van der Waals surface area contributed by atoms with E-state index in [1.807, 2.05) is 24.3 Å². The summed E-state index contributed by atoms with van der Waals surface area (Å²) in [7, 11) is 0. The van der Waals surface area contributed by atoms with Gasteiger partial charge in [0.05, 0.1) is 18.8 Å². The Kier molecular flexibility index (Phi) is 10.4. The summed E-state index contributed by atoms with van der Waals surface area (Å²) >= 11 is 0. The van der Waals surface area contributed by atoms with Crippen molar-refractivity contribution in [2.75, 3.05) is 0 Å². The molecule has 0 saturated heterocycles. The van der Waals surface area contributed by atoms with Crippen LogP contribution in [-0.4, -0.2) is 18.5 Å². The average molecular weight is 481 g/mol. The zero-order valence-electron chi connectivity index (χ0n) is 20.5. The number of aldehydes is 1. The van der Waals surface area contributed by atoms with Crippen LogP contribution in [0.15, 0.2) is 66.7 Å². The van der Waals surface area contributed by atoms with Crippen molar-refractivity contribution in [3.8, 4) is 16.9 Å². The summed E-state index contributed by atoms with van der Waals surface area (Å²) in [6, 6.07) is 19.7. The minimum absolute atomic E-state index is 0.126. The molecular weight excluding hydrogens is 446 g/mol. The smallest absolute Gasteiger partial charge is 0.128 e. The van der Waals surface area contributed by atoms with E-state index in [1.54, 1.807) is 24.3 Å². The topological polar surface area (TPSA) is 35.5 Å². The quantitative estimate of drug-likeness (QED) is 0.310. The van der Waals surface area contributed by atoms with Crippen LogP contribution in [-0.2, 0) is 22.6 Å². The number of carbonyl (C=O) groups excluding carboxylic acids is 1. The monoisotopic (exact) mass is 480 g/mol. The maximum Gasteiger partial charge on any atom is 0.128 e. The Hall–Kier alpha value is -3.05. The third kappa shape index (κ3) is 8.00. The van der Waals surface area contributed by atoms with Crippen LogP contribution in [0.2, 0.25) is 0 Å². The molecule has 4 rings (SSSR count). The molecule has 0 N–H and O–H groups in total. The fraction of sp³-hybridized carbons (Fsp3) is 0.367. The first-order chi connectivity index (χ1) is 17.0. The van der Waals surface area contributed by atoms with Gasteiger partial charge in [0.25, 0.3) is 0 Å². The highest BCUT2D eigenvalue weighted by Gasteiger charge is 2.23. The van der Waals surface area contributed by atoms with Gasteiger partial charge < -0.3 is 14.3 Å². The highest BCUT2D eigenvalue weighted by atomic mass is 19.1. The maximum atomic E-state index is 13.8. The zero-order chi connectivity index (χ0) is 25.0. The molecule has 0 spiro atoms. The van der Waals surface area contributed by atoms with Crippen molar-refractivity contribution in [1.82, 2.24) is 0 Å². The molecule has 0 heterocycles. The number of hydrogen-bond donors (Lipinski definition) is 0. The van der Waals surface area contributed by atoms with E-state index in [2.05, 4.69) is 13.0 Å². The lowest BCUT2D eigenvalue weighted by Gasteiger charge is -2.29. The van der Waals surface area contributed by atoms with Gasteiger partial charge in [0.15, 0.2) is 0 Å². The third-order valence-electron chi connectivity index (χ3n) is 6.09. The van der Waals surface area contributed by atoms with Gasteiger partial charge in [0.2, 0.25) is 0 Å². The van der Waals surface area contributed by atoms with E-state index < -0.39 is 0 Å². The van der Waals surface area contributed by atoms with Crippen molar-refractivity contribution in [3.63, 3.8) is 0 Å². The predicted molar refractivity (Wildman–Crippen MR) is 135 cm³/mol. The van der Waals surface area contributed by atoms with Crippen molar-refractivity contribution in [2.45, 2.75) is 71.2 Å². The summed E-state index contributed by atoms with van der Waals surface area (Å²) in [6.07, 6.45) is 6.55. The SMILES string of the molecule is CC=O.CCCc1ccc(OC2CCC(OCc3ccccc3F)CC2)cc1-c1cccc(F)c1. The second-order valence-electron chi connectivity index (χ2n) is 8.73. The second kappa shape index (κ2) is 13.7. The van der Waals surface area contributed by atoms with Crippen molar-refractivity contribution >= 4 is 6.29 Å². The second-order valence-corrected chi connectivity index (χ2v) is 8.73. The maximum absolute atomic E-state index is 13.8. The molecule has 0 aromatic heterocycles.